The molecule has 0 saturated carbocycles. The molecule has 9 heteroatoms. The van der Waals surface area contributed by atoms with E-state index in [1.807, 2.05) is 0 Å². The Labute approximate surface area is 201 Å². The maximum atomic E-state index is 15.5. The minimum atomic E-state index is -3.84. The molecule has 5 rings (SSSR count). The first-order chi connectivity index (χ1) is 16.8. The first kappa shape index (κ1) is 22.9. The maximum absolute atomic E-state index is 15.5. The second-order valence-corrected chi connectivity index (χ2v) is 10.2. The number of aryl methyl sites for hydroxylation is 1. The summed E-state index contributed by atoms with van der Waals surface area (Å²) < 4.78 is 56.3. The molecule has 176 valence electrons. The third-order valence-electron chi connectivity index (χ3n) is 5.93. The largest absolute Gasteiger partial charge is 0.260 e. The zero-order valence-corrected chi connectivity index (χ0v) is 19.6. The van der Waals surface area contributed by atoms with Crippen molar-refractivity contribution in [2.45, 2.75) is 30.4 Å². The number of rotatable bonds is 6. The molecule has 0 N–H and O–H groups in total. The SMILES string of the molecule is Cc1ccccc1S(=O)(=O)Cc1ccc(F)c(Cc2ncccc2-c2ncnc3c2N=CC3)c1F. The zero-order chi connectivity index (χ0) is 24.6. The Bertz CT molecular complexity index is 1590. The van der Waals surface area contributed by atoms with Crippen LogP contribution in [0, 0.1) is 18.6 Å². The smallest absolute Gasteiger partial charge is 0.182 e. The molecule has 0 spiro atoms. The van der Waals surface area contributed by atoms with E-state index in [1.165, 1.54) is 24.7 Å². The van der Waals surface area contributed by atoms with Crippen molar-refractivity contribution in [3.63, 3.8) is 0 Å². The lowest BCUT2D eigenvalue weighted by Gasteiger charge is -2.14. The molecule has 35 heavy (non-hydrogen) atoms. The lowest BCUT2D eigenvalue weighted by molar-refractivity contribution is 0.550. The van der Waals surface area contributed by atoms with E-state index in [9.17, 15) is 12.8 Å². The molecular weight excluding hydrogens is 470 g/mol. The fraction of sp³-hybridized carbons (Fsp3) is 0.154. The number of hydrogen-bond donors (Lipinski definition) is 0. The van der Waals surface area contributed by atoms with Gasteiger partial charge in [-0.05, 0) is 36.8 Å². The lowest BCUT2D eigenvalue weighted by atomic mass is 9.99. The van der Waals surface area contributed by atoms with Crippen molar-refractivity contribution < 1.29 is 17.2 Å². The van der Waals surface area contributed by atoms with E-state index in [0.29, 0.717) is 34.6 Å². The minimum absolute atomic E-state index is 0.102. The quantitative estimate of drug-likeness (QED) is 0.382. The molecule has 3 heterocycles. The van der Waals surface area contributed by atoms with Gasteiger partial charge in [0.05, 0.1) is 22.0 Å². The Hall–Kier alpha value is -3.85. The number of nitrogens with zero attached hydrogens (tertiary/aromatic N) is 4. The number of aromatic nitrogens is 3. The van der Waals surface area contributed by atoms with Gasteiger partial charge in [0.2, 0.25) is 0 Å². The van der Waals surface area contributed by atoms with Crippen LogP contribution in [0.25, 0.3) is 11.3 Å². The van der Waals surface area contributed by atoms with Crippen LogP contribution in [0.15, 0.2) is 70.9 Å². The average Bonchev–Trinajstić information content (AvgIpc) is 3.33. The van der Waals surface area contributed by atoms with Crippen molar-refractivity contribution in [2.24, 2.45) is 4.99 Å². The van der Waals surface area contributed by atoms with Crippen LogP contribution >= 0.6 is 0 Å². The summed E-state index contributed by atoms with van der Waals surface area (Å²) in [6, 6.07) is 12.2. The number of halogens is 2. The molecule has 2 aromatic heterocycles. The second-order valence-electron chi connectivity index (χ2n) is 8.23. The van der Waals surface area contributed by atoms with E-state index in [1.54, 1.807) is 43.5 Å². The monoisotopic (exact) mass is 490 g/mol. The van der Waals surface area contributed by atoms with E-state index < -0.39 is 27.2 Å². The summed E-state index contributed by atoms with van der Waals surface area (Å²) in [5.74, 6) is -2.26. The second kappa shape index (κ2) is 9.07. The van der Waals surface area contributed by atoms with Crippen molar-refractivity contribution in [3.8, 4) is 11.3 Å². The Morgan fingerprint density at radius 3 is 2.63 bits per heavy atom. The molecule has 1 aliphatic heterocycles. The zero-order valence-electron chi connectivity index (χ0n) is 18.7. The molecule has 0 aliphatic carbocycles. The third kappa shape index (κ3) is 4.35. The van der Waals surface area contributed by atoms with Crippen LogP contribution in [-0.2, 0) is 28.4 Å². The normalized spacial score (nSPS) is 12.7. The van der Waals surface area contributed by atoms with E-state index >= 15 is 4.39 Å². The summed E-state index contributed by atoms with van der Waals surface area (Å²) in [7, 11) is -3.84. The highest BCUT2D eigenvalue weighted by Gasteiger charge is 2.24. The van der Waals surface area contributed by atoms with Gasteiger partial charge in [0.15, 0.2) is 9.84 Å². The number of fused-ring (bicyclic) bond motifs is 1. The van der Waals surface area contributed by atoms with Gasteiger partial charge >= 0.3 is 0 Å². The number of aliphatic imine (C=N–C) groups is 1. The predicted molar refractivity (Wildman–Crippen MR) is 128 cm³/mol. The van der Waals surface area contributed by atoms with Crippen LogP contribution in [0.5, 0.6) is 0 Å². The molecule has 0 saturated heterocycles. The molecule has 0 atom stereocenters. The molecule has 0 amide bonds. The van der Waals surface area contributed by atoms with Crippen molar-refractivity contribution >= 4 is 21.7 Å². The van der Waals surface area contributed by atoms with Crippen LogP contribution in [0.3, 0.4) is 0 Å². The van der Waals surface area contributed by atoms with Crippen molar-refractivity contribution in [2.75, 3.05) is 0 Å². The fourth-order valence-electron chi connectivity index (χ4n) is 4.19. The summed E-state index contributed by atoms with van der Waals surface area (Å²) in [4.78, 5) is 17.4. The van der Waals surface area contributed by atoms with Crippen molar-refractivity contribution in [3.05, 3.63) is 101 Å². The van der Waals surface area contributed by atoms with Gasteiger partial charge in [-0.2, -0.15) is 0 Å². The third-order valence-corrected chi connectivity index (χ3v) is 7.75. The molecule has 0 fully saturated rings. The van der Waals surface area contributed by atoms with Crippen molar-refractivity contribution in [1.29, 1.82) is 0 Å². The van der Waals surface area contributed by atoms with Crippen LogP contribution in [0.4, 0.5) is 14.5 Å². The molecule has 0 radical (unpaired) electrons. The first-order valence-corrected chi connectivity index (χ1v) is 12.5. The fourth-order valence-corrected chi connectivity index (χ4v) is 5.82. The van der Waals surface area contributed by atoms with Gasteiger partial charge in [0.25, 0.3) is 0 Å². The highest BCUT2D eigenvalue weighted by atomic mass is 32.2. The topological polar surface area (TPSA) is 85.2 Å². The first-order valence-electron chi connectivity index (χ1n) is 10.9. The van der Waals surface area contributed by atoms with Crippen LogP contribution in [-0.4, -0.2) is 29.6 Å². The Kier molecular flexibility index (Phi) is 5.94. The summed E-state index contributed by atoms with van der Waals surface area (Å²) in [6.45, 7) is 1.68. The summed E-state index contributed by atoms with van der Waals surface area (Å²) >= 11 is 0. The highest BCUT2D eigenvalue weighted by molar-refractivity contribution is 7.90. The van der Waals surface area contributed by atoms with Gasteiger partial charge in [-0.3, -0.25) is 9.98 Å². The van der Waals surface area contributed by atoms with E-state index in [-0.39, 0.29) is 22.4 Å². The van der Waals surface area contributed by atoms with Gasteiger partial charge in [0.1, 0.15) is 29.3 Å². The van der Waals surface area contributed by atoms with Gasteiger partial charge in [-0.25, -0.2) is 27.2 Å². The Balaban J connectivity index is 1.53. The highest BCUT2D eigenvalue weighted by Crippen LogP contribution is 2.35. The molecular formula is C26H20F2N4O2S. The molecule has 1 aliphatic rings. The summed E-state index contributed by atoms with van der Waals surface area (Å²) in [6.07, 6.45) is 5.09. The number of pyridine rings is 1. The minimum Gasteiger partial charge on any atom is -0.260 e. The number of benzene rings is 2. The molecule has 6 nitrogen and oxygen atoms in total. The molecule has 2 aromatic carbocycles. The number of hydrogen-bond acceptors (Lipinski definition) is 6. The average molecular weight is 491 g/mol. The van der Waals surface area contributed by atoms with Crippen LogP contribution < -0.4 is 0 Å². The van der Waals surface area contributed by atoms with E-state index in [0.717, 1.165) is 11.8 Å². The number of sulfone groups is 1. The van der Waals surface area contributed by atoms with E-state index in [4.69, 9.17) is 0 Å². The molecule has 0 unspecified atom stereocenters. The molecule has 4 aromatic rings. The van der Waals surface area contributed by atoms with Crippen LogP contribution in [0.2, 0.25) is 0 Å². The maximum Gasteiger partial charge on any atom is 0.182 e. The van der Waals surface area contributed by atoms with Crippen molar-refractivity contribution in [1.82, 2.24) is 15.0 Å². The van der Waals surface area contributed by atoms with Gasteiger partial charge in [0, 0.05) is 41.9 Å². The Morgan fingerprint density at radius 2 is 1.80 bits per heavy atom. The summed E-state index contributed by atoms with van der Waals surface area (Å²) in [5.41, 5.74) is 3.10. The standard InChI is InChI=1S/C26H20F2N4O2S/c1-16-5-2-3-7-23(16)35(33,34)14-17-8-9-20(27)19(24(17)28)13-22-18(6-4-11-29-22)25-26-21(10-12-30-26)31-15-32-25/h2-9,11-12,15H,10,13-14H2,1H3. The Morgan fingerprint density at radius 1 is 0.971 bits per heavy atom. The van der Waals surface area contributed by atoms with Gasteiger partial charge in [-0.15, -0.1) is 0 Å². The lowest BCUT2D eigenvalue weighted by Crippen LogP contribution is -2.11. The van der Waals surface area contributed by atoms with E-state index in [2.05, 4.69) is 19.9 Å². The van der Waals surface area contributed by atoms with Gasteiger partial charge in [-0.1, -0.05) is 24.3 Å². The predicted octanol–water partition coefficient (Wildman–Crippen LogP) is 4.95. The molecule has 0 bridgehead atoms. The van der Waals surface area contributed by atoms with Gasteiger partial charge < -0.3 is 0 Å². The summed E-state index contributed by atoms with van der Waals surface area (Å²) in [5, 5.41) is 0. The van der Waals surface area contributed by atoms with Crippen LogP contribution in [0.1, 0.15) is 28.1 Å².